The van der Waals surface area contributed by atoms with Crippen molar-refractivity contribution in [3.8, 4) is 0 Å². The molecule has 0 saturated heterocycles. The number of primary amides is 1. The number of amides is 2. The number of fused-ring (bicyclic) bond motifs is 1. The van der Waals surface area contributed by atoms with Gasteiger partial charge in [0.15, 0.2) is 0 Å². The Morgan fingerprint density at radius 3 is 2.57 bits per heavy atom. The molecule has 0 atom stereocenters. The van der Waals surface area contributed by atoms with Crippen molar-refractivity contribution >= 4 is 28.5 Å². The molecule has 3 N–H and O–H groups in total. The van der Waals surface area contributed by atoms with Gasteiger partial charge in [-0.25, -0.2) is 0 Å². The number of para-hydroxylation sites is 1. The number of nitrogens with one attached hydrogen (secondary N) is 1. The van der Waals surface area contributed by atoms with Crippen molar-refractivity contribution < 1.29 is 14.4 Å². The molecule has 1 aliphatic rings. The molecular weight excluding hydrogens is 294 g/mol. The minimum absolute atomic E-state index is 0.0873. The second-order valence-corrected chi connectivity index (χ2v) is 5.93. The highest BCUT2D eigenvalue weighted by Gasteiger charge is 2.21. The van der Waals surface area contributed by atoms with Crippen LogP contribution in [0.5, 0.6) is 0 Å². The number of aromatic nitrogens is 1. The number of benzene rings is 1. The minimum atomic E-state index is -0.997. The van der Waals surface area contributed by atoms with Crippen LogP contribution in [0.3, 0.4) is 0 Å². The van der Waals surface area contributed by atoms with E-state index in [1.165, 1.54) is 6.20 Å². The van der Waals surface area contributed by atoms with Gasteiger partial charge in [0.25, 0.3) is 11.7 Å². The summed E-state index contributed by atoms with van der Waals surface area (Å²) in [5.74, 6) is -1.82. The van der Waals surface area contributed by atoms with Crippen molar-refractivity contribution in [2.24, 2.45) is 5.73 Å². The Morgan fingerprint density at radius 2 is 1.87 bits per heavy atom. The fourth-order valence-electron chi connectivity index (χ4n) is 3.19. The smallest absolute Gasteiger partial charge is 0.289 e. The highest BCUT2D eigenvalue weighted by Crippen LogP contribution is 2.22. The third kappa shape index (κ3) is 3.11. The second kappa shape index (κ2) is 6.24. The summed E-state index contributed by atoms with van der Waals surface area (Å²) in [7, 11) is 0. The van der Waals surface area contributed by atoms with Crippen LogP contribution >= 0.6 is 0 Å². The van der Waals surface area contributed by atoms with Crippen LogP contribution in [0.1, 0.15) is 36.0 Å². The van der Waals surface area contributed by atoms with Crippen LogP contribution in [0.15, 0.2) is 30.5 Å². The lowest BCUT2D eigenvalue weighted by Gasteiger charge is -2.12. The lowest BCUT2D eigenvalue weighted by molar-refractivity contribution is -0.122. The number of nitrogens with zero attached hydrogens (tertiary/aromatic N) is 1. The maximum Gasteiger partial charge on any atom is 0.289 e. The Kier molecular flexibility index (Phi) is 4.14. The predicted molar refractivity (Wildman–Crippen MR) is 85.9 cm³/mol. The Hall–Kier alpha value is -2.63. The first-order valence-corrected chi connectivity index (χ1v) is 7.77. The molecule has 0 bridgehead atoms. The summed E-state index contributed by atoms with van der Waals surface area (Å²) in [6.07, 6.45) is 5.86. The van der Waals surface area contributed by atoms with E-state index in [0.717, 1.165) is 31.2 Å². The number of hydrogen-bond donors (Lipinski definition) is 2. The molecule has 1 fully saturated rings. The molecule has 1 heterocycles. The van der Waals surface area contributed by atoms with Gasteiger partial charge >= 0.3 is 0 Å². The van der Waals surface area contributed by atoms with E-state index in [1.54, 1.807) is 16.7 Å². The number of carbonyl (C=O) groups is 3. The normalized spacial score (nSPS) is 15.0. The van der Waals surface area contributed by atoms with E-state index in [0.29, 0.717) is 5.39 Å². The van der Waals surface area contributed by atoms with Crippen LogP contribution in [0.25, 0.3) is 10.9 Å². The van der Waals surface area contributed by atoms with E-state index in [2.05, 4.69) is 5.32 Å². The van der Waals surface area contributed by atoms with Crippen LogP contribution in [0, 0.1) is 0 Å². The Balaban J connectivity index is 1.87. The van der Waals surface area contributed by atoms with Crippen LogP contribution in [-0.2, 0) is 16.1 Å². The summed E-state index contributed by atoms with van der Waals surface area (Å²) in [6, 6.07) is 7.42. The van der Waals surface area contributed by atoms with Gasteiger partial charge in [-0.15, -0.1) is 0 Å². The number of nitrogens with two attached hydrogens (primary N) is 1. The molecule has 0 radical (unpaired) electrons. The highest BCUT2D eigenvalue weighted by atomic mass is 16.2. The maximum absolute atomic E-state index is 12.2. The predicted octanol–water partition coefficient (Wildman–Crippen LogP) is 1.37. The van der Waals surface area contributed by atoms with E-state index < -0.39 is 11.7 Å². The van der Waals surface area contributed by atoms with Crippen LogP contribution < -0.4 is 11.1 Å². The number of hydrogen-bond acceptors (Lipinski definition) is 3. The molecule has 120 valence electrons. The van der Waals surface area contributed by atoms with Gasteiger partial charge < -0.3 is 15.6 Å². The molecule has 6 nitrogen and oxygen atoms in total. The molecule has 0 spiro atoms. The molecule has 1 aliphatic carbocycles. The van der Waals surface area contributed by atoms with Gasteiger partial charge in [-0.05, 0) is 18.9 Å². The topological polar surface area (TPSA) is 94.2 Å². The van der Waals surface area contributed by atoms with E-state index in [9.17, 15) is 14.4 Å². The monoisotopic (exact) mass is 313 g/mol. The van der Waals surface area contributed by atoms with Gasteiger partial charge in [0.2, 0.25) is 5.91 Å². The molecule has 0 unspecified atom stereocenters. The Morgan fingerprint density at radius 1 is 1.17 bits per heavy atom. The first-order valence-electron chi connectivity index (χ1n) is 7.77. The molecule has 1 aromatic heterocycles. The standard InChI is InChI=1S/C17H19N3O3/c18-17(23)16(22)13-9-20(14-8-4-3-7-12(13)14)10-15(21)19-11-5-1-2-6-11/h3-4,7-9,11H,1-2,5-6,10H2,(H2,18,23)(H,19,21). The van der Waals surface area contributed by atoms with Gasteiger partial charge in [-0.3, -0.25) is 14.4 Å². The molecule has 1 aromatic carbocycles. The van der Waals surface area contributed by atoms with Crippen molar-refractivity contribution in [1.82, 2.24) is 9.88 Å². The van der Waals surface area contributed by atoms with Gasteiger partial charge in [0.1, 0.15) is 6.54 Å². The third-order valence-electron chi connectivity index (χ3n) is 4.29. The zero-order valence-electron chi connectivity index (χ0n) is 12.7. The molecule has 1 saturated carbocycles. The summed E-state index contributed by atoms with van der Waals surface area (Å²) < 4.78 is 1.69. The number of carbonyl (C=O) groups excluding carboxylic acids is 3. The lowest BCUT2D eigenvalue weighted by Crippen LogP contribution is -2.35. The van der Waals surface area contributed by atoms with Crippen molar-refractivity contribution in [2.75, 3.05) is 0 Å². The summed E-state index contributed by atoms with van der Waals surface area (Å²) in [4.78, 5) is 35.4. The van der Waals surface area contributed by atoms with Crippen LogP contribution in [0.2, 0.25) is 0 Å². The Bertz CT molecular complexity index is 772. The quantitative estimate of drug-likeness (QED) is 0.645. The average Bonchev–Trinajstić information content (AvgIpc) is 3.15. The largest absolute Gasteiger partial charge is 0.363 e. The SMILES string of the molecule is NC(=O)C(=O)c1cn(CC(=O)NC2CCCC2)c2ccccc12. The molecule has 6 heteroatoms. The molecular formula is C17H19N3O3. The first-order chi connectivity index (χ1) is 11.1. The number of rotatable bonds is 5. The maximum atomic E-state index is 12.2. The third-order valence-corrected chi connectivity index (χ3v) is 4.29. The van der Waals surface area contributed by atoms with Crippen LogP contribution in [0.4, 0.5) is 0 Å². The molecule has 2 aromatic rings. The second-order valence-electron chi connectivity index (χ2n) is 5.93. The zero-order valence-corrected chi connectivity index (χ0v) is 12.7. The van der Waals surface area contributed by atoms with Gasteiger partial charge in [0.05, 0.1) is 5.56 Å². The summed E-state index contributed by atoms with van der Waals surface area (Å²) >= 11 is 0. The van der Waals surface area contributed by atoms with E-state index in [1.807, 2.05) is 12.1 Å². The number of Topliss-reactive ketones (excluding diaryl/α,β-unsaturated/α-hetero) is 1. The minimum Gasteiger partial charge on any atom is -0.363 e. The molecule has 23 heavy (non-hydrogen) atoms. The summed E-state index contributed by atoms with van der Waals surface area (Å²) in [6.45, 7) is 0.114. The number of ketones is 1. The molecule has 0 aliphatic heterocycles. The molecule has 3 rings (SSSR count). The first kappa shape index (κ1) is 15.3. The van der Waals surface area contributed by atoms with Crippen molar-refractivity contribution in [3.05, 3.63) is 36.0 Å². The lowest BCUT2D eigenvalue weighted by atomic mass is 10.1. The fraction of sp³-hybridized carbons (Fsp3) is 0.353. The van der Waals surface area contributed by atoms with Crippen LogP contribution in [-0.4, -0.2) is 28.2 Å². The van der Waals surface area contributed by atoms with Gasteiger partial charge in [0, 0.05) is 23.1 Å². The van der Waals surface area contributed by atoms with E-state index >= 15 is 0 Å². The van der Waals surface area contributed by atoms with Crippen molar-refractivity contribution in [3.63, 3.8) is 0 Å². The van der Waals surface area contributed by atoms with Crippen molar-refractivity contribution in [2.45, 2.75) is 38.3 Å². The molecule has 2 amide bonds. The fourth-order valence-corrected chi connectivity index (χ4v) is 3.19. The van der Waals surface area contributed by atoms with Gasteiger partial charge in [-0.2, -0.15) is 0 Å². The van der Waals surface area contributed by atoms with Gasteiger partial charge in [-0.1, -0.05) is 31.0 Å². The summed E-state index contributed by atoms with van der Waals surface area (Å²) in [5, 5.41) is 3.65. The van der Waals surface area contributed by atoms with E-state index in [-0.39, 0.29) is 24.1 Å². The highest BCUT2D eigenvalue weighted by molar-refractivity contribution is 6.44. The zero-order chi connectivity index (χ0) is 16.4. The average molecular weight is 313 g/mol. The van der Waals surface area contributed by atoms with Crippen molar-refractivity contribution in [1.29, 1.82) is 0 Å². The van der Waals surface area contributed by atoms with E-state index in [4.69, 9.17) is 5.73 Å². The summed E-state index contributed by atoms with van der Waals surface area (Å²) in [5.41, 5.74) is 6.07. The Labute approximate surface area is 133 Å².